The minimum Gasteiger partial charge on any atom is -0.394 e. The SMILES string of the molecule is NCCC(O)C(N)CC(=O)NC1CNC(=O)[C@@H](C2CCN=C(N)N2)NC(=O)/C(=C/NC(N)=O)NC(=O)C(CO)NC(=O)C(CO)NC1=O. The molecule has 2 aliphatic rings. The fourth-order valence-corrected chi connectivity index (χ4v) is 4.41. The third kappa shape index (κ3) is 11.9. The van der Waals surface area contributed by atoms with Crippen LogP contribution in [-0.4, -0.2) is 138 Å². The number of aliphatic hydroxyl groups is 3. The van der Waals surface area contributed by atoms with Gasteiger partial charge < -0.3 is 80.8 Å². The molecule has 268 valence electrons. The monoisotopic (exact) mass is 685 g/mol. The number of carbonyl (C=O) groups excluding carboxylic acids is 7. The molecule has 0 aromatic carbocycles. The Labute approximate surface area is 273 Å². The molecule has 7 atom stereocenters. The van der Waals surface area contributed by atoms with E-state index in [9.17, 15) is 48.9 Å². The zero-order valence-corrected chi connectivity index (χ0v) is 25.7. The van der Waals surface area contributed by atoms with E-state index in [4.69, 9.17) is 22.9 Å². The van der Waals surface area contributed by atoms with E-state index in [1.165, 1.54) is 0 Å². The van der Waals surface area contributed by atoms with Crippen LogP contribution in [0.25, 0.3) is 0 Å². The molecule has 23 nitrogen and oxygen atoms in total. The lowest BCUT2D eigenvalue weighted by Gasteiger charge is -2.31. The molecular weight excluding hydrogens is 642 g/mol. The van der Waals surface area contributed by atoms with Gasteiger partial charge >= 0.3 is 6.03 Å². The molecule has 8 amide bonds. The summed E-state index contributed by atoms with van der Waals surface area (Å²) < 4.78 is 0. The Morgan fingerprint density at radius 3 is 2.23 bits per heavy atom. The van der Waals surface area contributed by atoms with Gasteiger partial charge in [-0.05, 0) is 19.4 Å². The number of nitrogens with two attached hydrogens (primary N) is 4. The van der Waals surface area contributed by atoms with E-state index >= 15 is 0 Å². The van der Waals surface area contributed by atoms with E-state index < -0.39 is 116 Å². The highest BCUT2D eigenvalue weighted by Crippen LogP contribution is 2.07. The van der Waals surface area contributed by atoms with Gasteiger partial charge in [-0.1, -0.05) is 0 Å². The summed E-state index contributed by atoms with van der Waals surface area (Å²) in [4.78, 5) is 94.2. The van der Waals surface area contributed by atoms with Gasteiger partial charge in [-0.3, -0.25) is 33.8 Å². The Kier molecular flexibility index (Phi) is 15.4. The maximum atomic E-state index is 13.6. The largest absolute Gasteiger partial charge is 0.394 e. The first-order valence-corrected chi connectivity index (χ1v) is 14.7. The summed E-state index contributed by atoms with van der Waals surface area (Å²) in [5, 5.41) is 48.0. The summed E-state index contributed by atoms with van der Waals surface area (Å²) in [5.74, 6) is -6.43. The predicted molar refractivity (Wildman–Crippen MR) is 164 cm³/mol. The summed E-state index contributed by atoms with van der Waals surface area (Å²) >= 11 is 0. The fourth-order valence-electron chi connectivity index (χ4n) is 4.41. The first kappa shape index (κ1) is 39.1. The van der Waals surface area contributed by atoms with Gasteiger partial charge in [-0.25, -0.2) is 4.79 Å². The zero-order chi connectivity index (χ0) is 36.0. The van der Waals surface area contributed by atoms with Gasteiger partial charge in [-0.2, -0.15) is 0 Å². The second-order valence-corrected chi connectivity index (χ2v) is 10.7. The van der Waals surface area contributed by atoms with Crippen LogP contribution in [0, 0.1) is 0 Å². The third-order valence-electron chi connectivity index (χ3n) is 7.03. The molecule has 1 fully saturated rings. The van der Waals surface area contributed by atoms with Gasteiger partial charge in [0.1, 0.15) is 29.9 Å². The predicted octanol–water partition coefficient (Wildman–Crippen LogP) is -9.23. The number of carbonyl (C=O) groups is 7. The van der Waals surface area contributed by atoms with Crippen molar-refractivity contribution in [3.63, 3.8) is 0 Å². The molecule has 0 saturated carbocycles. The lowest BCUT2D eigenvalue weighted by molar-refractivity contribution is -0.135. The van der Waals surface area contributed by atoms with Gasteiger partial charge in [0.15, 0.2) is 5.96 Å². The number of hydrogen-bond donors (Lipinski definition) is 15. The van der Waals surface area contributed by atoms with Crippen molar-refractivity contribution in [2.45, 2.75) is 61.6 Å². The maximum absolute atomic E-state index is 13.6. The molecule has 2 heterocycles. The van der Waals surface area contributed by atoms with E-state index in [0.717, 1.165) is 0 Å². The summed E-state index contributed by atoms with van der Waals surface area (Å²) in [5.41, 5.74) is 21.4. The molecule has 0 radical (unpaired) electrons. The average molecular weight is 686 g/mol. The van der Waals surface area contributed by atoms with Crippen molar-refractivity contribution in [1.82, 2.24) is 42.5 Å². The lowest BCUT2D eigenvalue weighted by atomic mass is 10.0. The zero-order valence-electron chi connectivity index (χ0n) is 25.7. The van der Waals surface area contributed by atoms with Crippen molar-refractivity contribution >= 4 is 47.4 Å². The normalized spacial score (nSPS) is 26.7. The number of urea groups is 1. The molecule has 48 heavy (non-hydrogen) atoms. The van der Waals surface area contributed by atoms with Crippen LogP contribution < -0.4 is 65.5 Å². The first-order valence-electron chi connectivity index (χ1n) is 14.7. The quantitative estimate of drug-likeness (QED) is 0.0950. The van der Waals surface area contributed by atoms with Crippen LogP contribution >= 0.6 is 0 Å². The van der Waals surface area contributed by atoms with E-state index in [0.29, 0.717) is 6.20 Å². The third-order valence-corrected chi connectivity index (χ3v) is 7.03. The van der Waals surface area contributed by atoms with E-state index in [-0.39, 0.29) is 31.9 Å². The number of hydrogen-bond acceptors (Lipinski definition) is 15. The van der Waals surface area contributed by atoms with E-state index in [1.54, 1.807) is 0 Å². The Hall–Kier alpha value is -5.10. The summed E-state index contributed by atoms with van der Waals surface area (Å²) in [6.45, 7) is -2.46. The molecule has 2 aliphatic heterocycles. The molecule has 0 aromatic heterocycles. The van der Waals surface area contributed by atoms with Gasteiger partial charge in [0.2, 0.25) is 29.5 Å². The van der Waals surface area contributed by atoms with E-state index in [2.05, 4.69) is 42.2 Å². The molecule has 0 aliphatic carbocycles. The number of rotatable bonds is 10. The number of aliphatic hydroxyl groups excluding tert-OH is 3. The lowest BCUT2D eigenvalue weighted by Crippen LogP contribution is -2.64. The van der Waals surface area contributed by atoms with Crippen molar-refractivity contribution < 1.29 is 48.9 Å². The summed E-state index contributed by atoms with van der Waals surface area (Å²) in [6.07, 6.45) is -0.684. The summed E-state index contributed by atoms with van der Waals surface area (Å²) in [7, 11) is 0. The van der Waals surface area contributed by atoms with Crippen LogP contribution in [0.3, 0.4) is 0 Å². The molecule has 19 N–H and O–H groups in total. The Morgan fingerprint density at radius 1 is 0.979 bits per heavy atom. The summed E-state index contributed by atoms with van der Waals surface area (Å²) in [6, 6.07) is -9.75. The van der Waals surface area contributed by atoms with Crippen molar-refractivity contribution in [2.75, 3.05) is 32.8 Å². The number of nitrogens with one attached hydrogen (secondary N) is 8. The van der Waals surface area contributed by atoms with Crippen LogP contribution in [0.5, 0.6) is 0 Å². The Morgan fingerprint density at radius 2 is 1.62 bits per heavy atom. The standard InChI is InChI=1S/C25H43N13O10/c26-3-1-16(41)10(27)5-17(42)33-12-6-31-23(47)18(11-2-4-30-24(28)37-11)38-20(44)13(7-32-25(29)48)34-21(45)14(8-39)36-22(46)15(9-40)35-19(12)43/h7,10-12,14-16,18,39-41H,1-6,8-9,26-27H2,(H,31,47)(H,33,42)(H,34,45)(H,35,43)(H,36,46)(H,38,44)(H3,28,30,37)(H3,29,32,48)/b13-7-/t10?,11?,12?,14?,15?,16?,18-/m1/s1. The number of nitrogens with zero attached hydrogens (tertiary/aromatic N) is 1. The highest BCUT2D eigenvalue weighted by molar-refractivity contribution is 6.02. The van der Waals surface area contributed by atoms with Gasteiger partial charge in [-0.15, -0.1) is 0 Å². The van der Waals surface area contributed by atoms with Crippen LogP contribution in [-0.2, 0) is 28.8 Å². The molecule has 0 aromatic rings. The Bertz CT molecular complexity index is 1280. The minimum atomic E-state index is -1.77. The van der Waals surface area contributed by atoms with Crippen molar-refractivity contribution in [1.29, 1.82) is 0 Å². The number of guanidine groups is 1. The van der Waals surface area contributed by atoms with Crippen LogP contribution in [0.4, 0.5) is 4.79 Å². The highest BCUT2D eigenvalue weighted by Gasteiger charge is 2.36. The second kappa shape index (κ2) is 18.9. The molecule has 0 spiro atoms. The fraction of sp³-hybridized carbons (Fsp3) is 0.600. The van der Waals surface area contributed by atoms with Crippen LogP contribution in [0.2, 0.25) is 0 Å². The average Bonchev–Trinajstić information content (AvgIpc) is 3.03. The molecule has 0 bridgehead atoms. The maximum Gasteiger partial charge on any atom is 0.316 e. The molecule has 6 unspecified atom stereocenters. The molecular formula is C25H43N13O10. The van der Waals surface area contributed by atoms with Crippen LogP contribution in [0.1, 0.15) is 19.3 Å². The topological polar surface area (TPSA) is 393 Å². The molecule has 1 saturated heterocycles. The minimum absolute atomic E-state index is 0.0610. The van der Waals surface area contributed by atoms with Crippen molar-refractivity contribution in [2.24, 2.45) is 27.9 Å². The van der Waals surface area contributed by atoms with Crippen molar-refractivity contribution in [3.05, 3.63) is 11.9 Å². The van der Waals surface area contributed by atoms with Gasteiger partial charge in [0.25, 0.3) is 5.91 Å². The molecule has 2 rings (SSSR count). The Balaban J connectivity index is 2.52. The smallest absolute Gasteiger partial charge is 0.316 e. The van der Waals surface area contributed by atoms with Gasteiger partial charge in [0.05, 0.1) is 25.4 Å². The van der Waals surface area contributed by atoms with E-state index in [1.807, 2.05) is 5.32 Å². The van der Waals surface area contributed by atoms with Crippen molar-refractivity contribution in [3.8, 4) is 0 Å². The molecule has 23 heteroatoms. The van der Waals surface area contributed by atoms with Crippen LogP contribution in [0.15, 0.2) is 16.9 Å². The van der Waals surface area contributed by atoms with Gasteiger partial charge in [0, 0.05) is 31.8 Å². The number of aliphatic imine (C=N–C) groups is 1. The first-order chi connectivity index (χ1) is 22.7. The second-order valence-electron chi connectivity index (χ2n) is 10.7. The number of amides is 8. The number of primary amides is 1. The highest BCUT2D eigenvalue weighted by atomic mass is 16.3.